The zero-order valence-electron chi connectivity index (χ0n) is 13.0. The van der Waals surface area contributed by atoms with Gasteiger partial charge in [0, 0.05) is 24.2 Å². The van der Waals surface area contributed by atoms with Crippen molar-refractivity contribution in [2.24, 2.45) is 5.92 Å². The summed E-state index contributed by atoms with van der Waals surface area (Å²) in [6, 6.07) is 9.28. The van der Waals surface area contributed by atoms with Crippen molar-refractivity contribution in [3.05, 3.63) is 35.4 Å². The Morgan fingerprint density at radius 3 is 2.64 bits per heavy atom. The highest BCUT2D eigenvalue weighted by Crippen LogP contribution is 2.18. The average molecular weight is 296 g/mol. The van der Waals surface area contributed by atoms with Gasteiger partial charge in [0.05, 0.1) is 12.0 Å². The summed E-state index contributed by atoms with van der Waals surface area (Å²) in [5.41, 5.74) is 0.328. The predicted octanol–water partition coefficient (Wildman–Crippen LogP) is 2.18. The molecule has 1 atom stereocenters. The van der Waals surface area contributed by atoms with Crippen LogP contribution >= 0.6 is 0 Å². The van der Waals surface area contributed by atoms with E-state index in [2.05, 4.69) is 17.9 Å². The monoisotopic (exact) mass is 296 g/mol. The largest absolute Gasteiger partial charge is 0.378 e. The van der Waals surface area contributed by atoms with Gasteiger partial charge >= 0.3 is 0 Å². The van der Waals surface area contributed by atoms with Crippen LogP contribution in [0, 0.1) is 29.1 Å². The molecule has 114 valence electrons. The fourth-order valence-corrected chi connectivity index (χ4v) is 2.37. The Labute approximate surface area is 131 Å². The minimum atomic E-state index is -1.03. The van der Waals surface area contributed by atoms with Crippen molar-refractivity contribution in [1.82, 2.24) is 4.90 Å². The third-order valence-corrected chi connectivity index (χ3v) is 3.54. The number of likely N-dealkylation sites (tertiary alicyclic amines) is 1. The SMILES string of the molecule is CC(C)(O)C#Cc1ccc(C(=O)N2CCC[C@H](C#N)C2)cc1. The van der Waals surface area contributed by atoms with E-state index in [4.69, 9.17) is 5.26 Å². The van der Waals surface area contributed by atoms with Gasteiger partial charge < -0.3 is 10.0 Å². The maximum atomic E-state index is 12.4. The van der Waals surface area contributed by atoms with E-state index in [1.54, 1.807) is 43.0 Å². The molecule has 1 fully saturated rings. The summed E-state index contributed by atoms with van der Waals surface area (Å²) in [7, 11) is 0. The van der Waals surface area contributed by atoms with Gasteiger partial charge in [-0.25, -0.2) is 0 Å². The molecule has 0 spiro atoms. The molecule has 1 amide bonds. The van der Waals surface area contributed by atoms with E-state index in [0.717, 1.165) is 18.4 Å². The van der Waals surface area contributed by atoms with E-state index in [1.807, 2.05) is 0 Å². The predicted molar refractivity (Wildman–Crippen MR) is 83.9 cm³/mol. The van der Waals surface area contributed by atoms with Crippen molar-refractivity contribution in [2.75, 3.05) is 13.1 Å². The molecule has 0 aliphatic carbocycles. The van der Waals surface area contributed by atoms with Crippen LogP contribution in [-0.2, 0) is 0 Å². The van der Waals surface area contributed by atoms with Crippen molar-refractivity contribution in [2.45, 2.75) is 32.3 Å². The lowest BCUT2D eigenvalue weighted by Crippen LogP contribution is -2.39. The molecule has 2 rings (SSSR count). The normalized spacial score (nSPS) is 18.1. The molecule has 0 aromatic heterocycles. The maximum Gasteiger partial charge on any atom is 0.253 e. The number of benzene rings is 1. The van der Waals surface area contributed by atoms with Crippen LogP contribution < -0.4 is 0 Å². The molecule has 0 unspecified atom stereocenters. The molecule has 1 saturated heterocycles. The second-order valence-corrected chi connectivity index (χ2v) is 6.11. The smallest absolute Gasteiger partial charge is 0.253 e. The maximum absolute atomic E-state index is 12.4. The number of rotatable bonds is 1. The molecule has 1 aromatic carbocycles. The van der Waals surface area contributed by atoms with Crippen LogP contribution in [-0.4, -0.2) is 34.6 Å². The lowest BCUT2D eigenvalue weighted by molar-refractivity contribution is 0.0698. The first-order chi connectivity index (χ1) is 10.4. The van der Waals surface area contributed by atoms with E-state index < -0.39 is 5.60 Å². The third-order valence-electron chi connectivity index (χ3n) is 3.54. The van der Waals surface area contributed by atoms with Crippen molar-refractivity contribution < 1.29 is 9.90 Å². The standard InChI is InChI=1S/C18H20N2O2/c1-18(2,22)10-9-14-5-7-16(8-6-14)17(21)20-11-3-4-15(12-19)13-20/h5-8,15,22H,3-4,11,13H2,1-2H3/t15-/m1/s1. The van der Waals surface area contributed by atoms with Crippen LogP contribution in [0.25, 0.3) is 0 Å². The van der Waals surface area contributed by atoms with Gasteiger partial charge in [-0.1, -0.05) is 11.8 Å². The van der Waals surface area contributed by atoms with Gasteiger partial charge in [-0.15, -0.1) is 0 Å². The summed E-state index contributed by atoms with van der Waals surface area (Å²) in [5, 5.41) is 18.6. The zero-order chi connectivity index (χ0) is 16.2. The molecule has 1 aliphatic heterocycles. The first kappa shape index (κ1) is 16.1. The van der Waals surface area contributed by atoms with Crippen molar-refractivity contribution >= 4 is 5.91 Å². The summed E-state index contributed by atoms with van der Waals surface area (Å²) in [6.45, 7) is 4.46. The molecule has 1 aromatic rings. The minimum absolute atomic E-state index is 0.0399. The molecule has 22 heavy (non-hydrogen) atoms. The number of piperidine rings is 1. The number of aliphatic hydroxyl groups is 1. The molecule has 4 heteroatoms. The molecular weight excluding hydrogens is 276 g/mol. The number of carbonyl (C=O) groups excluding carboxylic acids is 1. The zero-order valence-corrected chi connectivity index (χ0v) is 13.0. The van der Waals surface area contributed by atoms with Crippen LogP contribution in [0.5, 0.6) is 0 Å². The fourth-order valence-electron chi connectivity index (χ4n) is 2.37. The van der Waals surface area contributed by atoms with Gasteiger partial charge in [0.15, 0.2) is 0 Å². The Morgan fingerprint density at radius 2 is 2.05 bits per heavy atom. The number of amides is 1. The summed E-state index contributed by atoms with van der Waals surface area (Å²) in [6.07, 6.45) is 1.74. The van der Waals surface area contributed by atoms with Crippen LogP contribution in [0.2, 0.25) is 0 Å². The quantitative estimate of drug-likeness (QED) is 0.808. The average Bonchev–Trinajstić information content (AvgIpc) is 2.52. The van der Waals surface area contributed by atoms with Crippen LogP contribution in [0.1, 0.15) is 42.6 Å². The highest BCUT2D eigenvalue weighted by molar-refractivity contribution is 5.94. The van der Waals surface area contributed by atoms with E-state index in [0.29, 0.717) is 18.7 Å². The van der Waals surface area contributed by atoms with Crippen LogP contribution in [0.4, 0.5) is 0 Å². The molecule has 1 aliphatic rings. The number of hydrogen-bond donors (Lipinski definition) is 1. The van der Waals surface area contributed by atoms with Gasteiger partial charge in [-0.2, -0.15) is 5.26 Å². The Hall–Kier alpha value is -2.30. The first-order valence-electron chi connectivity index (χ1n) is 7.43. The summed E-state index contributed by atoms with van der Waals surface area (Å²) in [5.74, 6) is 5.52. The molecule has 1 heterocycles. The lowest BCUT2D eigenvalue weighted by atomic mass is 9.99. The highest BCUT2D eigenvalue weighted by Gasteiger charge is 2.24. The molecule has 1 N–H and O–H groups in total. The topological polar surface area (TPSA) is 64.3 Å². The van der Waals surface area contributed by atoms with Crippen molar-refractivity contribution in [3.8, 4) is 17.9 Å². The number of hydrogen-bond acceptors (Lipinski definition) is 3. The molecular formula is C18H20N2O2. The number of nitriles is 1. The summed E-state index contributed by atoms with van der Waals surface area (Å²) >= 11 is 0. The lowest BCUT2D eigenvalue weighted by Gasteiger charge is -2.29. The third kappa shape index (κ3) is 4.35. The van der Waals surface area contributed by atoms with Crippen LogP contribution in [0.3, 0.4) is 0 Å². The molecule has 4 nitrogen and oxygen atoms in total. The van der Waals surface area contributed by atoms with E-state index in [1.165, 1.54) is 0 Å². The van der Waals surface area contributed by atoms with Gasteiger partial charge in [-0.05, 0) is 51.0 Å². The Bertz CT molecular complexity index is 639. The number of nitrogens with zero attached hydrogens (tertiary/aromatic N) is 2. The minimum Gasteiger partial charge on any atom is -0.378 e. The summed E-state index contributed by atoms with van der Waals surface area (Å²) in [4.78, 5) is 14.2. The molecule has 0 bridgehead atoms. The van der Waals surface area contributed by atoms with Crippen molar-refractivity contribution in [3.63, 3.8) is 0 Å². The van der Waals surface area contributed by atoms with E-state index in [-0.39, 0.29) is 11.8 Å². The van der Waals surface area contributed by atoms with Gasteiger partial charge in [-0.3, -0.25) is 4.79 Å². The van der Waals surface area contributed by atoms with Gasteiger partial charge in [0.1, 0.15) is 5.60 Å². The number of carbonyl (C=O) groups is 1. The second-order valence-electron chi connectivity index (χ2n) is 6.11. The van der Waals surface area contributed by atoms with Gasteiger partial charge in [0.25, 0.3) is 5.91 Å². The van der Waals surface area contributed by atoms with Gasteiger partial charge in [0.2, 0.25) is 0 Å². The Morgan fingerprint density at radius 1 is 1.36 bits per heavy atom. The van der Waals surface area contributed by atoms with Crippen LogP contribution in [0.15, 0.2) is 24.3 Å². The Balaban J connectivity index is 2.08. The molecule has 0 saturated carbocycles. The second kappa shape index (κ2) is 6.64. The highest BCUT2D eigenvalue weighted by atomic mass is 16.3. The first-order valence-corrected chi connectivity index (χ1v) is 7.43. The Kier molecular flexibility index (Phi) is 4.85. The summed E-state index contributed by atoms with van der Waals surface area (Å²) < 4.78 is 0. The van der Waals surface area contributed by atoms with E-state index in [9.17, 15) is 9.90 Å². The fraction of sp³-hybridized carbons (Fsp3) is 0.444. The van der Waals surface area contributed by atoms with Crippen molar-refractivity contribution in [1.29, 1.82) is 5.26 Å². The molecule has 0 radical (unpaired) electrons. The van der Waals surface area contributed by atoms with E-state index >= 15 is 0 Å².